The summed E-state index contributed by atoms with van der Waals surface area (Å²) >= 11 is 0. The number of fused-ring (bicyclic) bond motifs is 3. The van der Waals surface area contributed by atoms with Crippen LogP contribution in [0.15, 0.2) is 35.3 Å². The number of aryl methyl sites for hydroxylation is 3. The number of nitrogens with zero attached hydrogens (tertiary/aromatic N) is 3. The molecule has 0 fully saturated rings. The number of hydrogen-bond acceptors (Lipinski definition) is 4. The number of benzene rings is 1. The molecule has 0 aliphatic carbocycles. The van der Waals surface area contributed by atoms with Gasteiger partial charge in [0.15, 0.2) is 0 Å². The van der Waals surface area contributed by atoms with Crippen molar-refractivity contribution < 1.29 is 4.39 Å². The van der Waals surface area contributed by atoms with Crippen LogP contribution in [0.25, 0.3) is 11.3 Å². The Morgan fingerprint density at radius 3 is 2.62 bits per heavy atom. The molecule has 0 atom stereocenters. The van der Waals surface area contributed by atoms with Gasteiger partial charge in [0.25, 0.3) is 0 Å². The van der Waals surface area contributed by atoms with Crippen molar-refractivity contribution in [1.29, 1.82) is 0 Å². The third-order valence-corrected chi connectivity index (χ3v) is 4.09. The van der Waals surface area contributed by atoms with Crippen LogP contribution in [0, 0.1) is 26.6 Å². The molecule has 2 aromatic heterocycles. The Morgan fingerprint density at radius 2 is 1.83 bits per heavy atom. The Balaban J connectivity index is 2.04. The van der Waals surface area contributed by atoms with Crippen LogP contribution in [0.2, 0.25) is 0 Å². The quantitative estimate of drug-likeness (QED) is 0.711. The van der Waals surface area contributed by atoms with Gasteiger partial charge in [-0.25, -0.2) is 9.38 Å². The van der Waals surface area contributed by atoms with Crippen LogP contribution in [-0.4, -0.2) is 21.0 Å². The lowest BCUT2D eigenvalue weighted by atomic mass is 10.1. The van der Waals surface area contributed by atoms with E-state index < -0.39 is 0 Å². The van der Waals surface area contributed by atoms with Gasteiger partial charge in [0.1, 0.15) is 17.3 Å². The van der Waals surface area contributed by atoms with Gasteiger partial charge in [-0.15, -0.1) is 0 Å². The highest BCUT2D eigenvalue weighted by atomic mass is 19.1. The van der Waals surface area contributed by atoms with E-state index in [9.17, 15) is 4.39 Å². The van der Waals surface area contributed by atoms with E-state index in [1.165, 1.54) is 6.07 Å². The molecule has 0 saturated carbocycles. The molecule has 0 amide bonds. The van der Waals surface area contributed by atoms with Crippen molar-refractivity contribution in [3.05, 3.63) is 58.8 Å². The number of pyridine rings is 1. The van der Waals surface area contributed by atoms with Crippen molar-refractivity contribution in [2.45, 2.75) is 20.8 Å². The van der Waals surface area contributed by atoms with Gasteiger partial charge in [-0.05, 0) is 39.0 Å². The highest BCUT2D eigenvalue weighted by Gasteiger charge is 2.24. The molecule has 0 unspecified atom stereocenters. The number of rotatable bonds is 1. The van der Waals surface area contributed by atoms with E-state index >= 15 is 0 Å². The second-order valence-electron chi connectivity index (χ2n) is 5.88. The minimum Gasteiger partial charge on any atom is -0.336 e. The van der Waals surface area contributed by atoms with Crippen LogP contribution >= 0.6 is 0 Å². The predicted octanol–water partition coefficient (Wildman–Crippen LogP) is 4.04. The molecule has 24 heavy (non-hydrogen) atoms. The maximum atomic E-state index is 14.3. The second-order valence-corrected chi connectivity index (χ2v) is 5.88. The summed E-state index contributed by atoms with van der Waals surface area (Å²) in [7, 11) is 0. The third-order valence-electron chi connectivity index (χ3n) is 4.09. The standard InChI is InChI=1S/C18H16FN5/c1-9-8-13-15(10(2)20-9)21-18(12-6-4-5-7-14(12)19)22-16-11(3)23-24-17(13)16/h4-8H,1-3H3,(H,21,22)(H,23,24). The zero-order valence-electron chi connectivity index (χ0n) is 13.6. The van der Waals surface area contributed by atoms with Crippen LogP contribution in [0.4, 0.5) is 15.8 Å². The van der Waals surface area contributed by atoms with Crippen LogP contribution in [0.5, 0.6) is 0 Å². The first-order chi connectivity index (χ1) is 11.5. The van der Waals surface area contributed by atoms with Crippen molar-refractivity contribution in [2.75, 3.05) is 5.32 Å². The van der Waals surface area contributed by atoms with Crippen molar-refractivity contribution in [1.82, 2.24) is 15.2 Å². The largest absolute Gasteiger partial charge is 0.336 e. The van der Waals surface area contributed by atoms with Gasteiger partial charge < -0.3 is 5.32 Å². The number of H-pyrrole nitrogens is 1. The maximum Gasteiger partial charge on any atom is 0.141 e. The number of aromatic amines is 1. The summed E-state index contributed by atoms with van der Waals surface area (Å²) in [5.74, 6) is 0.124. The highest BCUT2D eigenvalue weighted by Crippen LogP contribution is 2.40. The lowest BCUT2D eigenvalue weighted by molar-refractivity contribution is 0.625. The van der Waals surface area contributed by atoms with E-state index in [0.717, 1.165) is 34.0 Å². The lowest BCUT2D eigenvalue weighted by Gasteiger charge is -2.09. The molecular weight excluding hydrogens is 305 g/mol. The molecule has 0 bridgehead atoms. The molecule has 6 heteroatoms. The topological polar surface area (TPSA) is 66.0 Å². The van der Waals surface area contributed by atoms with E-state index in [-0.39, 0.29) is 5.82 Å². The first-order valence-electron chi connectivity index (χ1n) is 7.69. The first-order valence-corrected chi connectivity index (χ1v) is 7.69. The molecule has 3 heterocycles. The SMILES string of the molecule is Cc1cc2c(c(C)n1)N=C(c1ccccc1F)Nc1c-2n[nH]c1C. The molecule has 1 aromatic carbocycles. The molecule has 5 nitrogen and oxygen atoms in total. The van der Waals surface area contributed by atoms with Gasteiger partial charge in [0, 0.05) is 11.3 Å². The summed E-state index contributed by atoms with van der Waals surface area (Å²) in [6.07, 6.45) is 0. The van der Waals surface area contributed by atoms with Gasteiger partial charge in [-0.1, -0.05) is 12.1 Å². The summed E-state index contributed by atoms with van der Waals surface area (Å²) in [4.78, 5) is 9.18. The van der Waals surface area contributed by atoms with E-state index in [1.807, 2.05) is 26.8 Å². The zero-order chi connectivity index (χ0) is 16.8. The number of hydrogen-bond donors (Lipinski definition) is 2. The van der Waals surface area contributed by atoms with Gasteiger partial charge in [-0.3, -0.25) is 10.1 Å². The van der Waals surface area contributed by atoms with Crippen molar-refractivity contribution in [2.24, 2.45) is 4.99 Å². The van der Waals surface area contributed by atoms with E-state index in [1.54, 1.807) is 18.2 Å². The number of aliphatic imine (C=N–C) groups is 1. The van der Waals surface area contributed by atoms with E-state index in [4.69, 9.17) is 0 Å². The van der Waals surface area contributed by atoms with Crippen LogP contribution in [-0.2, 0) is 0 Å². The minimum absolute atomic E-state index is 0.326. The Morgan fingerprint density at radius 1 is 1.04 bits per heavy atom. The molecule has 1 aliphatic heterocycles. The van der Waals surface area contributed by atoms with Crippen molar-refractivity contribution in [3.8, 4) is 11.3 Å². The first kappa shape index (κ1) is 14.6. The van der Waals surface area contributed by atoms with Crippen LogP contribution in [0.1, 0.15) is 22.6 Å². The molecule has 1 aliphatic rings. The maximum absolute atomic E-state index is 14.3. The number of aromatic nitrogens is 3. The normalized spacial score (nSPS) is 12.8. The van der Waals surface area contributed by atoms with Gasteiger partial charge >= 0.3 is 0 Å². The lowest BCUT2D eigenvalue weighted by Crippen LogP contribution is -2.15. The molecule has 4 rings (SSSR count). The summed E-state index contributed by atoms with van der Waals surface area (Å²) in [5.41, 5.74) is 6.13. The highest BCUT2D eigenvalue weighted by molar-refractivity contribution is 6.13. The number of anilines is 1. The van der Waals surface area contributed by atoms with Gasteiger partial charge in [0.05, 0.1) is 28.3 Å². The molecule has 0 spiro atoms. The molecule has 0 radical (unpaired) electrons. The smallest absolute Gasteiger partial charge is 0.141 e. The number of nitrogens with one attached hydrogen (secondary N) is 2. The van der Waals surface area contributed by atoms with Gasteiger partial charge in [0.2, 0.25) is 0 Å². The van der Waals surface area contributed by atoms with Gasteiger partial charge in [-0.2, -0.15) is 5.10 Å². The average molecular weight is 321 g/mol. The number of halogens is 1. The fraction of sp³-hybridized carbons (Fsp3) is 0.167. The monoisotopic (exact) mass is 321 g/mol. The van der Waals surface area contributed by atoms with E-state index in [0.29, 0.717) is 17.1 Å². The molecule has 2 N–H and O–H groups in total. The van der Waals surface area contributed by atoms with Crippen molar-refractivity contribution in [3.63, 3.8) is 0 Å². The second kappa shape index (κ2) is 5.26. The molecular formula is C18H16FN5. The third kappa shape index (κ3) is 2.19. The summed E-state index contributed by atoms with van der Waals surface area (Å²) < 4.78 is 14.3. The molecule has 0 saturated heterocycles. The van der Waals surface area contributed by atoms with Crippen molar-refractivity contribution >= 4 is 17.2 Å². The summed E-state index contributed by atoms with van der Waals surface area (Å²) in [6.45, 7) is 5.76. The molecule has 3 aromatic rings. The minimum atomic E-state index is -0.326. The Hall–Kier alpha value is -3.02. The van der Waals surface area contributed by atoms with E-state index in [2.05, 4.69) is 25.5 Å². The fourth-order valence-corrected chi connectivity index (χ4v) is 2.96. The molecule has 120 valence electrons. The van der Waals surface area contributed by atoms with Crippen LogP contribution < -0.4 is 5.32 Å². The van der Waals surface area contributed by atoms with Crippen LogP contribution in [0.3, 0.4) is 0 Å². The Kier molecular flexibility index (Phi) is 3.19. The summed E-state index contributed by atoms with van der Waals surface area (Å²) in [6, 6.07) is 8.54. The predicted molar refractivity (Wildman–Crippen MR) is 92.2 cm³/mol. The average Bonchev–Trinajstić information content (AvgIpc) is 2.81. The Bertz CT molecular complexity index is 987. The Labute approximate surface area is 138 Å². The summed E-state index contributed by atoms with van der Waals surface area (Å²) in [5, 5.41) is 10.6. The number of amidine groups is 1. The fourth-order valence-electron chi connectivity index (χ4n) is 2.96. The zero-order valence-corrected chi connectivity index (χ0v) is 13.6.